The van der Waals surface area contributed by atoms with E-state index in [0.717, 1.165) is 30.8 Å². The number of aromatic nitrogens is 3. The highest BCUT2D eigenvalue weighted by atomic mass is 16.5. The fourth-order valence-electron chi connectivity index (χ4n) is 3.69. The minimum Gasteiger partial charge on any atom is -0.452 e. The maximum absolute atomic E-state index is 12.8. The molecule has 7 nitrogen and oxygen atoms in total. The average Bonchev–Trinajstić information content (AvgIpc) is 3.04. The largest absolute Gasteiger partial charge is 0.452 e. The van der Waals surface area contributed by atoms with Crippen LogP contribution in [0.3, 0.4) is 0 Å². The van der Waals surface area contributed by atoms with Gasteiger partial charge in [0, 0.05) is 35.4 Å². The molecule has 0 saturated carbocycles. The lowest BCUT2D eigenvalue weighted by Gasteiger charge is -2.10. The number of rotatable bonds is 8. The predicted molar refractivity (Wildman–Crippen MR) is 115 cm³/mol. The Morgan fingerprint density at radius 2 is 1.80 bits per heavy atom. The van der Waals surface area contributed by atoms with E-state index in [0.29, 0.717) is 22.9 Å². The lowest BCUT2D eigenvalue weighted by atomic mass is 10.1. The summed E-state index contributed by atoms with van der Waals surface area (Å²) < 4.78 is 8.65. The first kappa shape index (κ1) is 21.5. The number of benzene rings is 1. The second kappa shape index (κ2) is 9.07. The van der Waals surface area contributed by atoms with Crippen LogP contribution in [-0.4, -0.2) is 32.7 Å². The molecule has 0 spiro atoms. The Kier molecular flexibility index (Phi) is 6.50. The Labute approximate surface area is 175 Å². The van der Waals surface area contributed by atoms with Crippen LogP contribution < -0.4 is 5.56 Å². The van der Waals surface area contributed by atoms with Crippen molar-refractivity contribution in [2.45, 2.75) is 53.6 Å². The van der Waals surface area contributed by atoms with Crippen molar-refractivity contribution in [3.05, 3.63) is 63.3 Å². The van der Waals surface area contributed by atoms with Gasteiger partial charge in [0.05, 0.1) is 5.39 Å². The van der Waals surface area contributed by atoms with Crippen molar-refractivity contribution in [3.63, 3.8) is 0 Å². The minimum absolute atomic E-state index is 0.0492. The Bertz CT molecular complexity index is 1160. The van der Waals surface area contributed by atoms with E-state index in [2.05, 4.69) is 5.10 Å². The molecule has 3 rings (SSSR count). The number of nitrogens with zero attached hydrogens (tertiary/aromatic N) is 3. The molecule has 0 bridgehead atoms. The second-order valence-electron chi connectivity index (χ2n) is 7.30. The van der Waals surface area contributed by atoms with Crippen molar-refractivity contribution in [1.29, 1.82) is 0 Å². The summed E-state index contributed by atoms with van der Waals surface area (Å²) in [6.45, 7) is 8.65. The van der Waals surface area contributed by atoms with Gasteiger partial charge in [0.25, 0.3) is 5.56 Å². The van der Waals surface area contributed by atoms with Crippen LogP contribution in [0.1, 0.15) is 58.9 Å². The standard InChI is InChI=1S/C23H27N3O4/c1-5-7-12-26-22(28)18-11-9-8-10-17(18)21(24-26)23(29)30-14-20(27)19-13-15(3)25(6-2)16(19)4/h8-11,13H,5-7,12,14H2,1-4H3. The zero-order valence-corrected chi connectivity index (χ0v) is 17.9. The molecule has 0 aliphatic heterocycles. The van der Waals surface area contributed by atoms with Crippen molar-refractivity contribution in [2.24, 2.45) is 0 Å². The highest BCUT2D eigenvalue weighted by molar-refractivity contribution is 6.04. The van der Waals surface area contributed by atoms with E-state index in [1.165, 1.54) is 4.68 Å². The first-order valence-electron chi connectivity index (χ1n) is 10.3. The zero-order valence-electron chi connectivity index (χ0n) is 17.9. The number of unbranched alkanes of at least 4 members (excludes halogenated alkanes) is 1. The second-order valence-corrected chi connectivity index (χ2v) is 7.30. The lowest BCUT2D eigenvalue weighted by molar-refractivity contribution is 0.0468. The highest BCUT2D eigenvalue weighted by Gasteiger charge is 2.21. The fourth-order valence-corrected chi connectivity index (χ4v) is 3.69. The van der Waals surface area contributed by atoms with E-state index < -0.39 is 5.97 Å². The Hall–Kier alpha value is -3.22. The Balaban J connectivity index is 1.87. The summed E-state index contributed by atoms with van der Waals surface area (Å²) in [5.41, 5.74) is 2.20. The van der Waals surface area contributed by atoms with Crippen LogP contribution in [0.2, 0.25) is 0 Å². The van der Waals surface area contributed by atoms with Crippen LogP contribution in [-0.2, 0) is 17.8 Å². The number of hydrogen-bond acceptors (Lipinski definition) is 5. The number of aryl methyl sites for hydroxylation is 2. The maximum Gasteiger partial charge on any atom is 0.359 e. The summed E-state index contributed by atoms with van der Waals surface area (Å²) >= 11 is 0. The number of carbonyl (C=O) groups excluding carboxylic acids is 2. The molecule has 0 amide bonds. The molecule has 0 unspecified atom stereocenters. The molecule has 0 fully saturated rings. The van der Waals surface area contributed by atoms with Gasteiger partial charge in [-0.3, -0.25) is 9.59 Å². The van der Waals surface area contributed by atoms with Crippen LogP contribution in [0, 0.1) is 13.8 Å². The topological polar surface area (TPSA) is 83.2 Å². The molecule has 7 heteroatoms. The van der Waals surface area contributed by atoms with Gasteiger partial charge >= 0.3 is 5.97 Å². The van der Waals surface area contributed by atoms with Crippen LogP contribution in [0.15, 0.2) is 35.1 Å². The molecular formula is C23H27N3O4. The van der Waals surface area contributed by atoms with Gasteiger partial charge in [-0.25, -0.2) is 9.48 Å². The van der Waals surface area contributed by atoms with Gasteiger partial charge in [-0.2, -0.15) is 5.10 Å². The van der Waals surface area contributed by atoms with E-state index >= 15 is 0 Å². The molecule has 0 saturated heterocycles. The minimum atomic E-state index is -0.714. The molecule has 1 aromatic carbocycles. The predicted octanol–water partition coefficient (Wildman–Crippen LogP) is 3.67. The summed E-state index contributed by atoms with van der Waals surface area (Å²) in [7, 11) is 0. The van der Waals surface area contributed by atoms with Crippen molar-refractivity contribution < 1.29 is 14.3 Å². The summed E-state index contributed by atoms with van der Waals surface area (Å²) in [5, 5.41) is 5.09. The molecule has 0 aliphatic carbocycles. The van der Waals surface area contributed by atoms with E-state index in [4.69, 9.17) is 4.74 Å². The zero-order chi connectivity index (χ0) is 21.8. The quantitative estimate of drug-likeness (QED) is 0.419. The summed E-state index contributed by atoms with van der Waals surface area (Å²) in [4.78, 5) is 38.1. The van der Waals surface area contributed by atoms with Gasteiger partial charge in [-0.1, -0.05) is 31.5 Å². The van der Waals surface area contributed by atoms with Gasteiger partial charge in [0.1, 0.15) is 0 Å². The Morgan fingerprint density at radius 3 is 2.43 bits per heavy atom. The first-order valence-corrected chi connectivity index (χ1v) is 10.3. The third kappa shape index (κ3) is 4.06. The smallest absolute Gasteiger partial charge is 0.359 e. The molecule has 0 N–H and O–H groups in total. The monoisotopic (exact) mass is 409 g/mol. The molecule has 0 aliphatic rings. The summed E-state index contributed by atoms with van der Waals surface area (Å²) in [6.07, 6.45) is 1.66. The van der Waals surface area contributed by atoms with E-state index in [1.54, 1.807) is 24.3 Å². The molecule has 2 aromatic heterocycles. The molecule has 2 heterocycles. The fraction of sp³-hybridized carbons (Fsp3) is 0.391. The third-order valence-corrected chi connectivity index (χ3v) is 5.31. The van der Waals surface area contributed by atoms with Crippen LogP contribution >= 0.6 is 0 Å². The lowest BCUT2D eigenvalue weighted by Crippen LogP contribution is -2.27. The number of esters is 1. The molecule has 30 heavy (non-hydrogen) atoms. The number of hydrogen-bond donors (Lipinski definition) is 0. The maximum atomic E-state index is 12.8. The van der Waals surface area contributed by atoms with Gasteiger partial charge < -0.3 is 9.30 Å². The van der Waals surface area contributed by atoms with Crippen molar-refractivity contribution in [2.75, 3.05) is 6.61 Å². The van der Waals surface area contributed by atoms with E-state index in [-0.39, 0.29) is 23.6 Å². The number of fused-ring (bicyclic) bond motifs is 1. The Morgan fingerprint density at radius 1 is 1.10 bits per heavy atom. The van der Waals surface area contributed by atoms with Crippen molar-refractivity contribution in [3.8, 4) is 0 Å². The van der Waals surface area contributed by atoms with Gasteiger partial charge in [-0.05, 0) is 39.3 Å². The molecule has 3 aromatic rings. The summed E-state index contributed by atoms with van der Waals surface area (Å²) in [6, 6.07) is 8.63. The number of ketones is 1. The van der Waals surface area contributed by atoms with Crippen molar-refractivity contribution in [1.82, 2.24) is 14.3 Å². The van der Waals surface area contributed by atoms with Crippen molar-refractivity contribution >= 4 is 22.5 Å². The van der Waals surface area contributed by atoms with Gasteiger partial charge in [-0.15, -0.1) is 0 Å². The number of carbonyl (C=O) groups is 2. The SMILES string of the molecule is CCCCn1nc(C(=O)OCC(=O)c2cc(C)n(CC)c2C)c2ccccc2c1=O. The van der Waals surface area contributed by atoms with Gasteiger partial charge in [0.15, 0.2) is 12.3 Å². The third-order valence-electron chi connectivity index (χ3n) is 5.31. The van der Waals surface area contributed by atoms with Gasteiger partial charge in [0.2, 0.25) is 5.78 Å². The molecule has 0 radical (unpaired) electrons. The normalized spacial score (nSPS) is 11.1. The van der Waals surface area contributed by atoms with Crippen LogP contribution in [0.4, 0.5) is 0 Å². The van der Waals surface area contributed by atoms with Crippen LogP contribution in [0.25, 0.3) is 10.8 Å². The summed E-state index contributed by atoms with van der Waals surface area (Å²) in [5.74, 6) is -0.978. The molecule has 158 valence electrons. The number of Topliss-reactive ketones (excluding diaryl/α,β-unsaturated/α-hetero) is 1. The average molecular weight is 409 g/mol. The number of ether oxygens (including phenoxy) is 1. The van der Waals surface area contributed by atoms with E-state index in [1.807, 2.05) is 38.3 Å². The molecular weight excluding hydrogens is 382 g/mol. The van der Waals surface area contributed by atoms with E-state index in [9.17, 15) is 14.4 Å². The molecule has 0 atom stereocenters. The first-order chi connectivity index (χ1) is 14.4. The highest BCUT2D eigenvalue weighted by Crippen LogP contribution is 2.17. The van der Waals surface area contributed by atoms with Crippen LogP contribution in [0.5, 0.6) is 0 Å².